The van der Waals surface area contributed by atoms with E-state index in [-0.39, 0.29) is 0 Å². The Bertz CT molecular complexity index is 590. The molecule has 19 heavy (non-hydrogen) atoms. The lowest BCUT2D eigenvalue weighted by Crippen LogP contribution is -1.97. The van der Waals surface area contributed by atoms with Crippen LogP contribution in [-0.2, 0) is 6.54 Å². The molecule has 0 aliphatic carbocycles. The maximum absolute atomic E-state index is 8.98. The van der Waals surface area contributed by atoms with Gasteiger partial charge >= 0.3 is 0 Å². The Morgan fingerprint density at radius 3 is 2.89 bits per heavy atom. The molecule has 2 aromatic rings. The van der Waals surface area contributed by atoms with Crippen LogP contribution in [0.2, 0.25) is 0 Å². The molecular formula is C16H19N3. The number of unbranched alkanes of at least 4 members (excludes halogenated alkanes) is 2. The number of aryl methyl sites for hydroxylation is 2. The minimum absolute atomic E-state index is 0.694. The minimum Gasteiger partial charge on any atom is -0.272 e. The Balaban J connectivity index is 2.20. The second-order valence-corrected chi connectivity index (χ2v) is 4.84. The summed E-state index contributed by atoms with van der Waals surface area (Å²) in [6.45, 7) is 5.22. The second kappa shape index (κ2) is 6.19. The van der Waals surface area contributed by atoms with Gasteiger partial charge in [0.2, 0.25) is 0 Å². The molecule has 3 heteroatoms. The Morgan fingerprint density at radius 2 is 2.16 bits per heavy atom. The molecular weight excluding hydrogens is 234 g/mol. The number of rotatable bonds is 5. The summed E-state index contributed by atoms with van der Waals surface area (Å²) in [6, 6.07) is 7.96. The molecule has 98 valence electrons. The predicted octanol–water partition coefficient (Wildman–Crippen LogP) is 3.92. The van der Waals surface area contributed by atoms with Crippen LogP contribution >= 0.6 is 0 Å². The quantitative estimate of drug-likeness (QED) is 0.758. The summed E-state index contributed by atoms with van der Waals surface area (Å²) in [7, 11) is 0. The zero-order chi connectivity index (χ0) is 13.7. The fourth-order valence-corrected chi connectivity index (χ4v) is 2.15. The van der Waals surface area contributed by atoms with Crippen LogP contribution < -0.4 is 0 Å². The molecule has 1 aromatic carbocycles. The first-order valence-electron chi connectivity index (χ1n) is 6.78. The van der Waals surface area contributed by atoms with Crippen LogP contribution in [0.3, 0.4) is 0 Å². The molecule has 0 bridgehead atoms. The van der Waals surface area contributed by atoms with Gasteiger partial charge in [-0.05, 0) is 36.6 Å². The van der Waals surface area contributed by atoms with Crippen molar-refractivity contribution in [3.8, 4) is 17.2 Å². The van der Waals surface area contributed by atoms with Crippen molar-refractivity contribution in [3.05, 3.63) is 41.7 Å². The van der Waals surface area contributed by atoms with Crippen LogP contribution in [0, 0.1) is 18.3 Å². The van der Waals surface area contributed by atoms with Gasteiger partial charge in [-0.2, -0.15) is 10.4 Å². The summed E-state index contributed by atoms with van der Waals surface area (Å²) in [5.74, 6) is 0. The van der Waals surface area contributed by atoms with Crippen molar-refractivity contribution in [1.82, 2.24) is 9.78 Å². The number of nitrogens with zero attached hydrogens (tertiary/aromatic N) is 3. The standard InChI is InChI=1S/C16H19N3/c1-3-4-5-8-19-12-15(11-18-19)16-9-14(10-17)7-6-13(16)2/h6-7,9,11-12H,3-5,8H2,1-2H3. The third-order valence-corrected chi connectivity index (χ3v) is 3.30. The summed E-state index contributed by atoms with van der Waals surface area (Å²) in [5.41, 5.74) is 4.05. The average molecular weight is 253 g/mol. The topological polar surface area (TPSA) is 41.6 Å². The monoisotopic (exact) mass is 253 g/mol. The molecule has 0 unspecified atom stereocenters. The summed E-state index contributed by atoms with van der Waals surface area (Å²) >= 11 is 0. The highest BCUT2D eigenvalue weighted by atomic mass is 15.3. The highest BCUT2D eigenvalue weighted by molar-refractivity contribution is 5.67. The second-order valence-electron chi connectivity index (χ2n) is 4.84. The van der Waals surface area contributed by atoms with Gasteiger partial charge in [-0.15, -0.1) is 0 Å². The average Bonchev–Trinajstić information content (AvgIpc) is 2.88. The van der Waals surface area contributed by atoms with E-state index in [0.717, 1.165) is 24.1 Å². The zero-order valence-corrected chi connectivity index (χ0v) is 11.6. The lowest BCUT2D eigenvalue weighted by Gasteiger charge is -2.03. The van der Waals surface area contributed by atoms with Gasteiger partial charge in [-0.3, -0.25) is 4.68 Å². The molecule has 0 fully saturated rings. The number of nitriles is 1. The number of benzene rings is 1. The molecule has 1 heterocycles. The highest BCUT2D eigenvalue weighted by Crippen LogP contribution is 2.24. The van der Waals surface area contributed by atoms with Gasteiger partial charge in [0, 0.05) is 18.3 Å². The Labute approximate surface area is 114 Å². The van der Waals surface area contributed by atoms with E-state index in [0.29, 0.717) is 5.56 Å². The molecule has 3 nitrogen and oxygen atoms in total. The van der Waals surface area contributed by atoms with Crippen molar-refractivity contribution in [2.45, 2.75) is 39.7 Å². The van der Waals surface area contributed by atoms with Crippen molar-refractivity contribution in [1.29, 1.82) is 5.26 Å². The summed E-state index contributed by atoms with van der Waals surface area (Å²) in [4.78, 5) is 0. The molecule has 0 amide bonds. The van der Waals surface area contributed by atoms with Crippen molar-refractivity contribution in [2.24, 2.45) is 0 Å². The molecule has 2 rings (SSSR count). The maximum Gasteiger partial charge on any atom is 0.0991 e. The van der Waals surface area contributed by atoms with E-state index in [2.05, 4.69) is 31.2 Å². The van der Waals surface area contributed by atoms with Crippen LogP contribution in [0.1, 0.15) is 37.3 Å². The molecule has 0 radical (unpaired) electrons. The molecule has 0 saturated heterocycles. The maximum atomic E-state index is 8.98. The van der Waals surface area contributed by atoms with Crippen LogP contribution in [-0.4, -0.2) is 9.78 Å². The van der Waals surface area contributed by atoms with Gasteiger partial charge in [0.15, 0.2) is 0 Å². The van der Waals surface area contributed by atoms with Crippen molar-refractivity contribution in [3.63, 3.8) is 0 Å². The molecule has 0 N–H and O–H groups in total. The van der Waals surface area contributed by atoms with Crippen LogP contribution in [0.4, 0.5) is 0 Å². The molecule has 1 aromatic heterocycles. The fourth-order valence-electron chi connectivity index (χ4n) is 2.15. The van der Waals surface area contributed by atoms with E-state index in [4.69, 9.17) is 5.26 Å². The lowest BCUT2D eigenvalue weighted by molar-refractivity contribution is 0.553. The van der Waals surface area contributed by atoms with Crippen LogP contribution in [0.25, 0.3) is 11.1 Å². The first-order chi connectivity index (χ1) is 9.24. The van der Waals surface area contributed by atoms with E-state index in [9.17, 15) is 0 Å². The first-order valence-corrected chi connectivity index (χ1v) is 6.78. The SMILES string of the molecule is CCCCCn1cc(-c2cc(C#N)ccc2C)cn1. The number of aromatic nitrogens is 2. The van der Waals surface area contributed by atoms with Crippen molar-refractivity contribution in [2.75, 3.05) is 0 Å². The van der Waals surface area contributed by atoms with Crippen molar-refractivity contribution < 1.29 is 0 Å². The van der Waals surface area contributed by atoms with E-state index in [1.54, 1.807) is 0 Å². The fraction of sp³-hybridized carbons (Fsp3) is 0.375. The molecule has 0 aliphatic heterocycles. The largest absolute Gasteiger partial charge is 0.272 e. The Hall–Kier alpha value is -2.08. The lowest BCUT2D eigenvalue weighted by atomic mass is 10.0. The van der Waals surface area contributed by atoms with Gasteiger partial charge in [-0.1, -0.05) is 25.8 Å². The van der Waals surface area contributed by atoms with Crippen molar-refractivity contribution >= 4 is 0 Å². The Kier molecular flexibility index (Phi) is 4.35. The van der Waals surface area contributed by atoms with Gasteiger partial charge in [-0.25, -0.2) is 0 Å². The smallest absolute Gasteiger partial charge is 0.0991 e. The third kappa shape index (κ3) is 3.23. The molecule has 0 saturated carbocycles. The molecule has 0 atom stereocenters. The molecule has 0 aliphatic rings. The zero-order valence-electron chi connectivity index (χ0n) is 11.6. The summed E-state index contributed by atoms with van der Waals surface area (Å²) < 4.78 is 1.99. The van der Waals surface area contributed by atoms with E-state index in [1.807, 2.05) is 29.1 Å². The summed E-state index contributed by atoms with van der Waals surface area (Å²) in [6.07, 6.45) is 7.57. The van der Waals surface area contributed by atoms with Gasteiger partial charge in [0.1, 0.15) is 0 Å². The number of hydrogen-bond donors (Lipinski definition) is 0. The minimum atomic E-state index is 0.694. The van der Waals surface area contributed by atoms with E-state index < -0.39 is 0 Å². The van der Waals surface area contributed by atoms with Gasteiger partial charge < -0.3 is 0 Å². The Morgan fingerprint density at radius 1 is 1.32 bits per heavy atom. The predicted molar refractivity (Wildman–Crippen MR) is 76.6 cm³/mol. The van der Waals surface area contributed by atoms with E-state index in [1.165, 1.54) is 18.4 Å². The third-order valence-electron chi connectivity index (χ3n) is 3.30. The number of hydrogen-bond acceptors (Lipinski definition) is 2. The van der Waals surface area contributed by atoms with Gasteiger partial charge in [0.05, 0.1) is 17.8 Å². The highest BCUT2D eigenvalue weighted by Gasteiger charge is 2.06. The van der Waals surface area contributed by atoms with Crippen LogP contribution in [0.5, 0.6) is 0 Å². The normalized spacial score (nSPS) is 10.4. The van der Waals surface area contributed by atoms with E-state index >= 15 is 0 Å². The molecule has 0 spiro atoms. The first kappa shape index (κ1) is 13.4. The summed E-state index contributed by atoms with van der Waals surface area (Å²) in [5, 5.41) is 13.4. The van der Waals surface area contributed by atoms with Crippen LogP contribution in [0.15, 0.2) is 30.6 Å². The van der Waals surface area contributed by atoms with Gasteiger partial charge in [0.25, 0.3) is 0 Å².